The second kappa shape index (κ2) is 11.7. The van der Waals surface area contributed by atoms with E-state index >= 15 is 0 Å². The number of aromatic nitrogens is 3. The molecule has 2 N–H and O–H groups in total. The molecule has 40 heavy (non-hydrogen) atoms. The topological polar surface area (TPSA) is 108 Å². The predicted octanol–water partition coefficient (Wildman–Crippen LogP) is 6.42. The smallest absolute Gasteiger partial charge is 0.323 e. The highest BCUT2D eigenvalue weighted by Gasteiger charge is 2.40. The van der Waals surface area contributed by atoms with E-state index in [0.29, 0.717) is 28.8 Å². The quantitative estimate of drug-likeness (QED) is 0.205. The first-order valence-corrected chi connectivity index (χ1v) is 14.7. The van der Waals surface area contributed by atoms with Crippen LogP contribution in [0.25, 0.3) is 22.2 Å². The summed E-state index contributed by atoms with van der Waals surface area (Å²) in [6, 6.07) is 20.7. The van der Waals surface area contributed by atoms with Crippen molar-refractivity contribution in [2.75, 3.05) is 11.4 Å². The van der Waals surface area contributed by atoms with Gasteiger partial charge in [0.1, 0.15) is 5.65 Å². The fourth-order valence-corrected chi connectivity index (χ4v) is 6.42. The van der Waals surface area contributed by atoms with Crippen molar-refractivity contribution in [1.29, 1.82) is 0 Å². The van der Waals surface area contributed by atoms with Gasteiger partial charge in [-0.25, -0.2) is 18.2 Å². The van der Waals surface area contributed by atoms with Gasteiger partial charge in [0.2, 0.25) is 9.84 Å². The molecule has 0 aliphatic rings. The molecule has 0 spiro atoms. The minimum absolute atomic E-state index is 0.121. The summed E-state index contributed by atoms with van der Waals surface area (Å²) in [7, 11) is -4.13. The largest absolute Gasteiger partial charge is 0.346 e. The Morgan fingerprint density at radius 1 is 1.00 bits per heavy atom. The zero-order valence-corrected chi connectivity index (χ0v) is 23.2. The molecular weight excluding hydrogens is 522 g/mol. The van der Waals surface area contributed by atoms with Crippen LogP contribution in [-0.4, -0.2) is 35.9 Å². The summed E-state index contributed by atoms with van der Waals surface area (Å²) in [6.07, 6.45) is 8.44. The number of anilines is 1. The third-order valence-electron chi connectivity index (χ3n) is 6.76. The molecule has 5 rings (SSSR count). The summed E-state index contributed by atoms with van der Waals surface area (Å²) < 4.78 is 29.0. The maximum atomic E-state index is 14.5. The zero-order chi connectivity index (χ0) is 28.1. The average Bonchev–Trinajstić information content (AvgIpc) is 3.39. The van der Waals surface area contributed by atoms with E-state index in [1.54, 1.807) is 73.3 Å². The van der Waals surface area contributed by atoms with E-state index < -0.39 is 21.2 Å². The maximum Gasteiger partial charge on any atom is 0.323 e. The first kappa shape index (κ1) is 27.1. The second-order valence-corrected chi connectivity index (χ2v) is 11.6. The fraction of sp³-hybridized carbons (Fsp3) is 0.194. The number of unbranched alkanes of at least 4 members (excludes halogenated alkanes) is 1. The molecule has 0 radical (unpaired) electrons. The second-order valence-electron chi connectivity index (χ2n) is 9.61. The Labute approximate surface area is 234 Å². The monoisotopic (exact) mass is 553 g/mol. The number of fused-ring (bicyclic) bond motifs is 1. The van der Waals surface area contributed by atoms with Gasteiger partial charge in [-0.15, -0.1) is 0 Å². The number of H-pyrrole nitrogens is 1. The molecule has 204 valence electrons. The van der Waals surface area contributed by atoms with Crippen molar-refractivity contribution in [2.45, 2.75) is 37.0 Å². The van der Waals surface area contributed by atoms with Crippen LogP contribution in [0.4, 0.5) is 10.5 Å². The number of hydrogen-bond donors (Lipinski definition) is 2. The van der Waals surface area contributed by atoms with Crippen molar-refractivity contribution in [1.82, 2.24) is 20.3 Å². The van der Waals surface area contributed by atoms with Crippen LogP contribution < -0.4 is 10.2 Å². The van der Waals surface area contributed by atoms with Gasteiger partial charge in [0, 0.05) is 59.1 Å². The molecule has 0 saturated carbocycles. The highest BCUT2D eigenvalue weighted by molar-refractivity contribution is 7.91. The van der Waals surface area contributed by atoms with Gasteiger partial charge >= 0.3 is 6.03 Å². The number of rotatable bonds is 9. The van der Waals surface area contributed by atoms with Gasteiger partial charge in [-0.05, 0) is 49.7 Å². The van der Waals surface area contributed by atoms with Gasteiger partial charge in [-0.2, -0.15) is 0 Å². The number of sulfone groups is 1. The summed E-state index contributed by atoms with van der Waals surface area (Å²) in [5.74, 6) is 0. The number of amides is 2. The molecule has 2 aromatic carbocycles. The highest BCUT2D eigenvalue weighted by atomic mass is 32.2. The standard InChI is InChI=1S/C31H31N5O3S/c1-3-4-17-33-31(37)36(25-10-6-5-7-11-25)30(40(38,39)26-14-12-22(2)13-15-26)28-21-35-29-27(28)18-24(20-34-29)23-9-8-16-32-19-23/h5-16,18-21,30H,3-4,17H2,1-2H3,(H,33,37)(H,34,35). The summed E-state index contributed by atoms with van der Waals surface area (Å²) in [5.41, 5.74) is 3.97. The SMILES string of the molecule is CCCCNC(=O)N(c1ccccc1)C(c1c[nH]c2ncc(-c3cccnc3)cc12)S(=O)(=O)c1ccc(C)cc1. The van der Waals surface area contributed by atoms with Crippen LogP contribution in [0.15, 0.2) is 102 Å². The fourth-order valence-electron chi connectivity index (χ4n) is 4.63. The van der Waals surface area contributed by atoms with E-state index in [-0.39, 0.29) is 4.90 Å². The van der Waals surface area contributed by atoms with Crippen LogP contribution in [0, 0.1) is 6.92 Å². The van der Waals surface area contributed by atoms with Crippen LogP contribution in [-0.2, 0) is 9.84 Å². The number of nitrogens with zero attached hydrogens (tertiary/aromatic N) is 3. The molecule has 5 aromatic rings. The molecule has 3 aromatic heterocycles. The van der Waals surface area contributed by atoms with Crippen molar-refractivity contribution in [3.8, 4) is 11.1 Å². The van der Waals surface area contributed by atoms with Crippen LogP contribution in [0.3, 0.4) is 0 Å². The van der Waals surface area contributed by atoms with Crippen molar-refractivity contribution >= 4 is 32.6 Å². The highest BCUT2D eigenvalue weighted by Crippen LogP contribution is 2.39. The van der Waals surface area contributed by atoms with E-state index in [1.807, 2.05) is 38.1 Å². The van der Waals surface area contributed by atoms with Gasteiger partial charge in [0.25, 0.3) is 0 Å². The lowest BCUT2D eigenvalue weighted by Gasteiger charge is -2.32. The normalized spacial score (nSPS) is 12.2. The van der Waals surface area contributed by atoms with Gasteiger partial charge < -0.3 is 10.3 Å². The lowest BCUT2D eigenvalue weighted by atomic mass is 10.1. The van der Waals surface area contributed by atoms with Gasteiger partial charge in [-0.1, -0.05) is 55.3 Å². The van der Waals surface area contributed by atoms with Crippen molar-refractivity contribution < 1.29 is 13.2 Å². The molecular formula is C31H31N5O3S. The zero-order valence-electron chi connectivity index (χ0n) is 22.4. The van der Waals surface area contributed by atoms with Gasteiger partial charge in [0.15, 0.2) is 5.37 Å². The number of para-hydroxylation sites is 1. The first-order chi connectivity index (χ1) is 19.4. The summed E-state index contributed by atoms with van der Waals surface area (Å²) in [5, 5.41) is 2.16. The minimum atomic E-state index is -4.13. The predicted molar refractivity (Wildman–Crippen MR) is 158 cm³/mol. The maximum absolute atomic E-state index is 14.5. The number of carbonyl (C=O) groups excluding carboxylic acids is 1. The van der Waals surface area contributed by atoms with E-state index in [4.69, 9.17) is 0 Å². The number of urea groups is 1. The molecule has 0 bridgehead atoms. The number of carbonyl (C=O) groups is 1. The molecule has 0 fully saturated rings. The third kappa shape index (κ3) is 5.46. The summed E-state index contributed by atoms with van der Waals surface area (Å²) >= 11 is 0. The lowest BCUT2D eigenvalue weighted by molar-refractivity contribution is 0.245. The van der Waals surface area contributed by atoms with E-state index in [0.717, 1.165) is 29.5 Å². The summed E-state index contributed by atoms with van der Waals surface area (Å²) in [4.78, 5) is 27.2. The van der Waals surface area contributed by atoms with E-state index in [9.17, 15) is 13.2 Å². The van der Waals surface area contributed by atoms with Crippen LogP contribution >= 0.6 is 0 Å². The molecule has 0 aliphatic heterocycles. The lowest BCUT2D eigenvalue weighted by Crippen LogP contribution is -2.45. The Balaban J connectivity index is 1.74. The minimum Gasteiger partial charge on any atom is -0.346 e. The molecule has 1 unspecified atom stereocenters. The van der Waals surface area contributed by atoms with Gasteiger partial charge in [0.05, 0.1) is 4.90 Å². The van der Waals surface area contributed by atoms with Crippen LogP contribution in [0.5, 0.6) is 0 Å². The molecule has 3 heterocycles. The Bertz CT molecular complexity index is 1700. The number of benzene rings is 2. The molecule has 9 heteroatoms. The molecule has 0 saturated heterocycles. The average molecular weight is 554 g/mol. The Morgan fingerprint density at radius 3 is 2.48 bits per heavy atom. The van der Waals surface area contributed by atoms with Crippen molar-refractivity contribution in [3.05, 3.63) is 109 Å². The Kier molecular flexibility index (Phi) is 7.93. The molecule has 0 aliphatic carbocycles. The van der Waals surface area contributed by atoms with Crippen molar-refractivity contribution in [2.24, 2.45) is 0 Å². The van der Waals surface area contributed by atoms with Crippen LogP contribution in [0.1, 0.15) is 36.3 Å². The number of aromatic amines is 1. The third-order valence-corrected chi connectivity index (χ3v) is 8.74. The molecule has 8 nitrogen and oxygen atoms in total. The van der Waals surface area contributed by atoms with Crippen molar-refractivity contribution in [3.63, 3.8) is 0 Å². The molecule has 1 atom stereocenters. The van der Waals surface area contributed by atoms with E-state index in [1.165, 1.54) is 4.90 Å². The van der Waals surface area contributed by atoms with E-state index in [2.05, 4.69) is 20.3 Å². The Hall–Kier alpha value is -4.50. The summed E-state index contributed by atoms with van der Waals surface area (Å²) in [6.45, 7) is 4.36. The number of hydrogen-bond acceptors (Lipinski definition) is 5. The number of pyridine rings is 2. The number of aryl methyl sites for hydroxylation is 1. The van der Waals surface area contributed by atoms with Gasteiger partial charge in [-0.3, -0.25) is 9.88 Å². The number of nitrogens with one attached hydrogen (secondary N) is 2. The molecule has 2 amide bonds. The van der Waals surface area contributed by atoms with Crippen LogP contribution in [0.2, 0.25) is 0 Å². The first-order valence-electron chi connectivity index (χ1n) is 13.2. The Morgan fingerprint density at radius 2 is 1.77 bits per heavy atom.